The van der Waals surface area contributed by atoms with Gasteiger partial charge in [0.25, 0.3) is 5.91 Å². The molecule has 0 aliphatic rings. The Bertz CT molecular complexity index is 586. The van der Waals surface area contributed by atoms with Crippen LogP contribution < -0.4 is 11.1 Å². The fraction of sp³-hybridized carbons (Fsp3) is 0.143. The Kier molecular flexibility index (Phi) is 4.16. The van der Waals surface area contributed by atoms with Gasteiger partial charge in [-0.05, 0) is 53.2 Å². The number of rotatable bonds is 3. The van der Waals surface area contributed by atoms with E-state index in [4.69, 9.17) is 5.73 Å². The summed E-state index contributed by atoms with van der Waals surface area (Å²) >= 11 is 3.30. The van der Waals surface area contributed by atoms with E-state index in [1.807, 2.05) is 25.1 Å². The Morgan fingerprint density at radius 1 is 1.37 bits per heavy atom. The van der Waals surface area contributed by atoms with Crippen molar-refractivity contribution in [2.75, 3.05) is 5.73 Å². The van der Waals surface area contributed by atoms with Gasteiger partial charge in [0.1, 0.15) is 0 Å². The quantitative estimate of drug-likeness (QED) is 0.855. The first kappa shape index (κ1) is 13.5. The van der Waals surface area contributed by atoms with Crippen LogP contribution in [0.15, 0.2) is 47.1 Å². The van der Waals surface area contributed by atoms with Crippen LogP contribution in [0.5, 0.6) is 0 Å². The molecule has 0 fully saturated rings. The van der Waals surface area contributed by atoms with Crippen LogP contribution in [-0.2, 0) is 0 Å². The van der Waals surface area contributed by atoms with Gasteiger partial charge in [0, 0.05) is 21.9 Å². The van der Waals surface area contributed by atoms with E-state index in [1.54, 1.807) is 24.4 Å². The van der Waals surface area contributed by atoms with E-state index in [0.29, 0.717) is 11.3 Å². The standard InChI is InChI=1S/C14H14BrN3O/c1-9(13-4-2-3-7-17-13)18-14(19)10-5-6-11(15)12(16)8-10/h2-9H,16H2,1H3,(H,18,19)/t9-/m1/s1. The number of halogens is 1. The molecule has 1 atom stereocenters. The lowest BCUT2D eigenvalue weighted by molar-refractivity contribution is 0.0939. The normalized spacial score (nSPS) is 11.9. The summed E-state index contributed by atoms with van der Waals surface area (Å²) in [5.41, 5.74) is 7.65. The molecule has 2 aromatic rings. The molecule has 3 N–H and O–H groups in total. The van der Waals surface area contributed by atoms with Crippen molar-refractivity contribution in [2.24, 2.45) is 0 Å². The topological polar surface area (TPSA) is 68.0 Å². The predicted octanol–water partition coefficient (Wildman–Crippen LogP) is 2.92. The van der Waals surface area contributed by atoms with Crippen LogP contribution in [0.25, 0.3) is 0 Å². The lowest BCUT2D eigenvalue weighted by atomic mass is 10.1. The number of nitrogens with zero attached hydrogens (tertiary/aromatic N) is 1. The average molecular weight is 320 g/mol. The van der Waals surface area contributed by atoms with Crippen LogP contribution in [0.4, 0.5) is 5.69 Å². The number of anilines is 1. The maximum Gasteiger partial charge on any atom is 0.251 e. The minimum atomic E-state index is -0.169. The minimum Gasteiger partial charge on any atom is -0.398 e. The van der Waals surface area contributed by atoms with E-state index in [1.165, 1.54) is 0 Å². The summed E-state index contributed by atoms with van der Waals surface area (Å²) in [6, 6.07) is 10.6. The van der Waals surface area contributed by atoms with Gasteiger partial charge in [-0.2, -0.15) is 0 Å². The zero-order valence-corrected chi connectivity index (χ0v) is 12.0. The Hall–Kier alpha value is -1.88. The highest BCUT2D eigenvalue weighted by Crippen LogP contribution is 2.20. The smallest absolute Gasteiger partial charge is 0.251 e. The lowest BCUT2D eigenvalue weighted by Gasteiger charge is -2.13. The van der Waals surface area contributed by atoms with Gasteiger partial charge in [-0.25, -0.2) is 0 Å². The second-order valence-corrected chi connectivity index (χ2v) is 5.04. The highest BCUT2D eigenvalue weighted by Gasteiger charge is 2.12. The number of nitrogen functional groups attached to an aromatic ring is 1. The van der Waals surface area contributed by atoms with Gasteiger partial charge >= 0.3 is 0 Å². The molecule has 0 aliphatic carbocycles. The van der Waals surface area contributed by atoms with Crippen molar-refractivity contribution in [1.29, 1.82) is 0 Å². The Morgan fingerprint density at radius 2 is 2.16 bits per heavy atom. The molecule has 0 bridgehead atoms. The molecule has 0 radical (unpaired) electrons. The van der Waals surface area contributed by atoms with E-state index in [9.17, 15) is 4.79 Å². The summed E-state index contributed by atoms with van der Waals surface area (Å²) in [4.78, 5) is 16.3. The number of hydrogen-bond acceptors (Lipinski definition) is 3. The molecule has 0 aliphatic heterocycles. The first-order valence-corrected chi connectivity index (χ1v) is 6.64. The fourth-order valence-corrected chi connectivity index (χ4v) is 1.92. The number of hydrogen-bond donors (Lipinski definition) is 2. The molecule has 0 saturated heterocycles. The number of nitrogens with two attached hydrogens (primary N) is 1. The van der Waals surface area contributed by atoms with E-state index in [0.717, 1.165) is 10.2 Å². The largest absolute Gasteiger partial charge is 0.398 e. The summed E-state index contributed by atoms with van der Waals surface area (Å²) in [7, 11) is 0. The van der Waals surface area contributed by atoms with Crippen LogP contribution >= 0.6 is 15.9 Å². The molecule has 0 saturated carbocycles. The zero-order valence-electron chi connectivity index (χ0n) is 10.4. The molecular formula is C14H14BrN3O. The van der Waals surface area contributed by atoms with Crippen LogP contribution in [0.2, 0.25) is 0 Å². The van der Waals surface area contributed by atoms with E-state index >= 15 is 0 Å². The predicted molar refractivity (Wildman–Crippen MR) is 78.7 cm³/mol. The van der Waals surface area contributed by atoms with Crippen molar-refractivity contribution < 1.29 is 4.79 Å². The van der Waals surface area contributed by atoms with Crippen molar-refractivity contribution in [3.8, 4) is 0 Å². The zero-order chi connectivity index (χ0) is 13.8. The number of nitrogens with one attached hydrogen (secondary N) is 1. The fourth-order valence-electron chi connectivity index (χ4n) is 1.67. The highest BCUT2D eigenvalue weighted by molar-refractivity contribution is 9.10. The number of carbonyl (C=O) groups is 1. The second-order valence-electron chi connectivity index (χ2n) is 4.19. The molecule has 5 heteroatoms. The van der Waals surface area contributed by atoms with E-state index in [-0.39, 0.29) is 11.9 Å². The maximum absolute atomic E-state index is 12.1. The van der Waals surface area contributed by atoms with Crippen molar-refractivity contribution in [3.05, 3.63) is 58.3 Å². The minimum absolute atomic E-state index is 0.154. The number of benzene rings is 1. The molecule has 2 rings (SSSR count). The average Bonchev–Trinajstić information content (AvgIpc) is 2.42. The highest BCUT2D eigenvalue weighted by atomic mass is 79.9. The molecule has 0 unspecified atom stereocenters. The second kappa shape index (κ2) is 5.84. The van der Waals surface area contributed by atoms with Crippen LogP contribution in [0, 0.1) is 0 Å². The first-order chi connectivity index (χ1) is 9.08. The van der Waals surface area contributed by atoms with Gasteiger partial charge in [0.05, 0.1) is 11.7 Å². The van der Waals surface area contributed by atoms with Crippen LogP contribution in [-0.4, -0.2) is 10.9 Å². The third kappa shape index (κ3) is 3.32. The lowest BCUT2D eigenvalue weighted by Crippen LogP contribution is -2.27. The number of carbonyl (C=O) groups excluding carboxylic acids is 1. The van der Waals surface area contributed by atoms with Crippen molar-refractivity contribution in [2.45, 2.75) is 13.0 Å². The van der Waals surface area contributed by atoms with Gasteiger partial charge in [0.15, 0.2) is 0 Å². The van der Waals surface area contributed by atoms with Gasteiger partial charge in [-0.3, -0.25) is 9.78 Å². The summed E-state index contributed by atoms with van der Waals surface area (Å²) < 4.78 is 0.779. The van der Waals surface area contributed by atoms with Gasteiger partial charge < -0.3 is 11.1 Å². The van der Waals surface area contributed by atoms with Crippen molar-refractivity contribution >= 4 is 27.5 Å². The van der Waals surface area contributed by atoms with Crippen LogP contribution in [0.1, 0.15) is 29.0 Å². The molecule has 4 nitrogen and oxygen atoms in total. The molecule has 1 heterocycles. The molecule has 1 aromatic carbocycles. The summed E-state index contributed by atoms with van der Waals surface area (Å²) in [5, 5.41) is 2.89. The molecule has 1 amide bonds. The summed E-state index contributed by atoms with van der Waals surface area (Å²) in [6.45, 7) is 1.89. The number of aromatic nitrogens is 1. The molecule has 0 spiro atoms. The first-order valence-electron chi connectivity index (χ1n) is 5.84. The number of pyridine rings is 1. The third-order valence-electron chi connectivity index (χ3n) is 2.74. The van der Waals surface area contributed by atoms with Gasteiger partial charge in [-0.15, -0.1) is 0 Å². The summed E-state index contributed by atoms with van der Waals surface area (Å²) in [6.07, 6.45) is 1.70. The SMILES string of the molecule is C[C@@H](NC(=O)c1ccc(Br)c(N)c1)c1ccccn1. The number of amides is 1. The Balaban J connectivity index is 2.11. The molecular weight excluding hydrogens is 306 g/mol. The molecule has 19 heavy (non-hydrogen) atoms. The Morgan fingerprint density at radius 3 is 2.79 bits per heavy atom. The molecule has 98 valence electrons. The van der Waals surface area contributed by atoms with Crippen molar-refractivity contribution in [3.63, 3.8) is 0 Å². The summed E-state index contributed by atoms with van der Waals surface area (Å²) in [5.74, 6) is -0.169. The monoisotopic (exact) mass is 319 g/mol. The van der Waals surface area contributed by atoms with Crippen LogP contribution in [0.3, 0.4) is 0 Å². The molecule has 1 aromatic heterocycles. The third-order valence-corrected chi connectivity index (χ3v) is 3.46. The van der Waals surface area contributed by atoms with E-state index in [2.05, 4.69) is 26.2 Å². The van der Waals surface area contributed by atoms with Crippen molar-refractivity contribution in [1.82, 2.24) is 10.3 Å². The van der Waals surface area contributed by atoms with Gasteiger partial charge in [0.2, 0.25) is 0 Å². The van der Waals surface area contributed by atoms with E-state index < -0.39 is 0 Å². The Labute approximate surface area is 120 Å². The maximum atomic E-state index is 12.1. The van der Waals surface area contributed by atoms with Gasteiger partial charge in [-0.1, -0.05) is 6.07 Å².